The highest BCUT2D eigenvalue weighted by Crippen LogP contribution is 2.30. The molecule has 1 aromatic heterocycles. The summed E-state index contributed by atoms with van der Waals surface area (Å²) in [6, 6.07) is 0. The molecule has 1 aromatic rings. The summed E-state index contributed by atoms with van der Waals surface area (Å²) in [5.41, 5.74) is 2.49. The van der Waals surface area contributed by atoms with Crippen LogP contribution >= 0.6 is 0 Å². The number of aliphatic hydroxyl groups is 1. The Morgan fingerprint density at radius 3 is 2.47 bits per heavy atom. The molecule has 1 aliphatic heterocycles. The maximum absolute atomic E-state index is 10.9. The number of aryl methyl sites for hydroxylation is 2. The van der Waals surface area contributed by atoms with Gasteiger partial charge >= 0.3 is 6.09 Å². The molecule has 0 aliphatic carbocycles. The van der Waals surface area contributed by atoms with Gasteiger partial charge in [0.2, 0.25) is 0 Å². The van der Waals surface area contributed by atoms with Crippen LogP contribution in [0, 0.1) is 13.8 Å². The Morgan fingerprint density at radius 1 is 1.32 bits per heavy atom. The lowest BCUT2D eigenvalue weighted by molar-refractivity contribution is 0.131. The number of nitrogens with zero attached hydrogens (tertiary/aromatic N) is 3. The molecule has 2 heterocycles. The van der Waals surface area contributed by atoms with E-state index in [0.29, 0.717) is 18.9 Å². The number of likely N-dealkylation sites (tertiary alicyclic amines) is 1. The Kier molecular flexibility index (Phi) is 3.99. The van der Waals surface area contributed by atoms with E-state index in [-0.39, 0.29) is 12.5 Å². The molecule has 1 saturated heterocycles. The van der Waals surface area contributed by atoms with Crippen LogP contribution in [0.1, 0.15) is 41.5 Å². The Balaban J connectivity index is 2.21. The average Bonchev–Trinajstić information content (AvgIpc) is 2.38. The van der Waals surface area contributed by atoms with E-state index in [4.69, 9.17) is 5.11 Å². The summed E-state index contributed by atoms with van der Waals surface area (Å²) in [7, 11) is 0. The molecule has 1 amide bonds. The van der Waals surface area contributed by atoms with Crippen LogP contribution < -0.4 is 0 Å². The van der Waals surface area contributed by atoms with Crippen molar-refractivity contribution in [3.8, 4) is 0 Å². The molecular weight excluding hydrogens is 246 g/mol. The summed E-state index contributed by atoms with van der Waals surface area (Å²) < 4.78 is 0. The molecule has 6 nitrogen and oxygen atoms in total. The number of hydrogen-bond donors (Lipinski definition) is 2. The van der Waals surface area contributed by atoms with Gasteiger partial charge in [-0.2, -0.15) is 0 Å². The Bertz CT molecular complexity index is 482. The van der Waals surface area contributed by atoms with Crippen LogP contribution in [-0.2, 0) is 6.61 Å². The van der Waals surface area contributed by atoms with Gasteiger partial charge in [-0.05, 0) is 26.7 Å². The third-order valence-electron chi connectivity index (χ3n) is 3.67. The summed E-state index contributed by atoms with van der Waals surface area (Å²) in [4.78, 5) is 21.0. The third-order valence-corrected chi connectivity index (χ3v) is 3.67. The van der Waals surface area contributed by atoms with Gasteiger partial charge < -0.3 is 15.1 Å². The number of carbonyl (C=O) groups is 1. The minimum Gasteiger partial charge on any atom is -0.465 e. The maximum atomic E-state index is 10.9. The van der Waals surface area contributed by atoms with Gasteiger partial charge in [0.15, 0.2) is 0 Å². The molecule has 0 aromatic carbocycles. The van der Waals surface area contributed by atoms with Crippen molar-refractivity contribution in [2.75, 3.05) is 13.1 Å². The fourth-order valence-corrected chi connectivity index (χ4v) is 2.64. The highest BCUT2D eigenvalue weighted by atomic mass is 16.4. The molecule has 0 unspecified atom stereocenters. The van der Waals surface area contributed by atoms with E-state index >= 15 is 0 Å². The number of amides is 1. The van der Waals surface area contributed by atoms with E-state index in [1.54, 1.807) is 0 Å². The Hall–Kier alpha value is -1.69. The van der Waals surface area contributed by atoms with Crippen molar-refractivity contribution in [2.24, 2.45) is 0 Å². The summed E-state index contributed by atoms with van der Waals surface area (Å²) >= 11 is 0. The average molecular weight is 265 g/mol. The lowest BCUT2D eigenvalue weighted by Gasteiger charge is -2.30. The van der Waals surface area contributed by atoms with Crippen LogP contribution in [0.4, 0.5) is 4.79 Å². The van der Waals surface area contributed by atoms with E-state index < -0.39 is 6.09 Å². The number of piperidine rings is 1. The molecule has 19 heavy (non-hydrogen) atoms. The van der Waals surface area contributed by atoms with Gasteiger partial charge in [0, 0.05) is 30.3 Å². The molecule has 6 heteroatoms. The first kappa shape index (κ1) is 13.7. The molecule has 2 rings (SSSR count). The number of aliphatic hydroxyl groups excluding tert-OH is 1. The summed E-state index contributed by atoms with van der Waals surface area (Å²) in [5.74, 6) is 0.906. The second kappa shape index (κ2) is 5.52. The second-order valence-corrected chi connectivity index (χ2v) is 4.92. The van der Waals surface area contributed by atoms with Crippen LogP contribution in [0.5, 0.6) is 0 Å². The minimum atomic E-state index is -0.865. The number of carboxylic acid groups (broad SMARTS) is 1. The standard InChI is InChI=1S/C13H19N3O3/c1-8-11(7-17)12(15-9(2)14-8)10-3-5-16(6-4-10)13(18)19/h10,17H,3-7H2,1-2H3,(H,18,19). The molecule has 2 N–H and O–H groups in total. The van der Waals surface area contributed by atoms with Crippen molar-refractivity contribution in [1.82, 2.24) is 14.9 Å². The zero-order chi connectivity index (χ0) is 14.0. The van der Waals surface area contributed by atoms with Gasteiger partial charge in [-0.25, -0.2) is 14.8 Å². The minimum absolute atomic E-state index is 0.0689. The van der Waals surface area contributed by atoms with Gasteiger partial charge in [-0.3, -0.25) is 0 Å². The Labute approximate surface area is 112 Å². The van der Waals surface area contributed by atoms with Crippen LogP contribution in [0.3, 0.4) is 0 Å². The molecule has 1 fully saturated rings. The van der Waals surface area contributed by atoms with Crippen molar-refractivity contribution in [3.63, 3.8) is 0 Å². The van der Waals surface area contributed by atoms with Crippen LogP contribution in [0.15, 0.2) is 0 Å². The zero-order valence-electron chi connectivity index (χ0n) is 11.3. The van der Waals surface area contributed by atoms with Crippen molar-refractivity contribution in [2.45, 2.75) is 39.2 Å². The lowest BCUT2D eigenvalue weighted by atomic mass is 9.90. The molecule has 0 atom stereocenters. The van der Waals surface area contributed by atoms with Crippen molar-refractivity contribution in [1.29, 1.82) is 0 Å². The fraction of sp³-hybridized carbons (Fsp3) is 0.615. The van der Waals surface area contributed by atoms with E-state index in [2.05, 4.69) is 9.97 Å². The van der Waals surface area contributed by atoms with Crippen LogP contribution in [-0.4, -0.2) is 44.3 Å². The van der Waals surface area contributed by atoms with Crippen molar-refractivity contribution >= 4 is 6.09 Å². The lowest BCUT2D eigenvalue weighted by Crippen LogP contribution is -2.37. The second-order valence-electron chi connectivity index (χ2n) is 4.92. The normalized spacial score (nSPS) is 16.7. The van der Waals surface area contributed by atoms with Gasteiger partial charge in [-0.1, -0.05) is 0 Å². The largest absolute Gasteiger partial charge is 0.465 e. The maximum Gasteiger partial charge on any atom is 0.407 e. The summed E-state index contributed by atoms with van der Waals surface area (Å²) in [6.07, 6.45) is 0.626. The molecular formula is C13H19N3O3. The quantitative estimate of drug-likeness (QED) is 0.845. The van der Waals surface area contributed by atoms with Gasteiger partial charge in [0.1, 0.15) is 5.82 Å². The van der Waals surface area contributed by atoms with Gasteiger partial charge in [0.25, 0.3) is 0 Å². The molecule has 0 spiro atoms. The first-order valence-electron chi connectivity index (χ1n) is 6.45. The van der Waals surface area contributed by atoms with Crippen molar-refractivity contribution in [3.05, 3.63) is 22.8 Å². The summed E-state index contributed by atoms with van der Waals surface area (Å²) in [5, 5.41) is 18.4. The smallest absolute Gasteiger partial charge is 0.407 e. The molecule has 0 saturated carbocycles. The summed E-state index contributed by atoms with van der Waals surface area (Å²) in [6.45, 7) is 4.68. The molecule has 1 aliphatic rings. The van der Waals surface area contributed by atoms with E-state index in [0.717, 1.165) is 29.8 Å². The topological polar surface area (TPSA) is 86.6 Å². The SMILES string of the molecule is Cc1nc(C)c(CO)c(C2CCN(C(=O)O)CC2)n1. The number of hydrogen-bond acceptors (Lipinski definition) is 4. The monoisotopic (exact) mass is 265 g/mol. The molecule has 0 radical (unpaired) electrons. The highest BCUT2D eigenvalue weighted by Gasteiger charge is 2.26. The van der Waals surface area contributed by atoms with E-state index in [1.165, 1.54) is 4.90 Å². The fourth-order valence-electron chi connectivity index (χ4n) is 2.64. The predicted molar refractivity (Wildman–Crippen MR) is 69.0 cm³/mol. The van der Waals surface area contributed by atoms with Gasteiger partial charge in [0.05, 0.1) is 12.3 Å². The van der Waals surface area contributed by atoms with Crippen LogP contribution in [0.2, 0.25) is 0 Å². The van der Waals surface area contributed by atoms with E-state index in [1.807, 2.05) is 13.8 Å². The van der Waals surface area contributed by atoms with Gasteiger partial charge in [-0.15, -0.1) is 0 Å². The third kappa shape index (κ3) is 2.84. The van der Waals surface area contributed by atoms with Crippen LogP contribution in [0.25, 0.3) is 0 Å². The number of rotatable bonds is 2. The molecule has 0 bridgehead atoms. The highest BCUT2D eigenvalue weighted by molar-refractivity contribution is 5.65. The first-order chi connectivity index (χ1) is 9.02. The zero-order valence-corrected chi connectivity index (χ0v) is 11.3. The Morgan fingerprint density at radius 2 is 1.95 bits per heavy atom. The van der Waals surface area contributed by atoms with Crippen molar-refractivity contribution < 1.29 is 15.0 Å². The number of aromatic nitrogens is 2. The first-order valence-corrected chi connectivity index (χ1v) is 6.45. The molecule has 104 valence electrons. The predicted octanol–water partition coefficient (Wildman–Crippen LogP) is 1.44. The van der Waals surface area contributed by atoms with E-state index in [9.17, 15) is 9.90 Å².